The largest absolute Gasteiger partial charge is 0.316 e. The molecule has 1 heterocycles. The van der Waals surface area contributed by atoms with E-state index in [0.717, 1.165) is 12.5 Å². The lowest BCUT2D eigenvalue weighted by Gasteiger charge is -2.09. The Kier molecular flexibility index (Phi) is 4.21. The van der Waals surface area contributed by atoms with Crippen LogP contribution in [0.2, 0.25) is 0 Å². The molecule has 1 aliphatic carbocycles. The Hall–Kier alpha value is -0.340. The van der Waals surface area contributed by atoms with Gasteiger partial charge in [0.25, 0.3) is 0 Å². The van der Waals surface area contributed by atoms with E-state index in [0.29, 0.717) is 0 Å². The second-order valence-corrected chi connectivity index (χ2v) is 5.63. The molecule has 0 unspecified atom stereocenters. The molecule has 0 amide bonds. The van der Waals surface area contributed by atoms with Crippen LogP contribution in [0.1, 0.15) is 36.1 Å². The molecule has 1 nitrogen and oxygen atoms in total. The second-order valence-electron chi connectivity index (χ2n) is 4.63. The molecule has 1 N–H and O–H groups in total. The fourth-order valence-electron chi connectivity index (χ4n) is 2.38. The summed E-state index contributed by atoms with van der Waals surface area (Å²) in [5.74, 6) is 0.967. The van der Waals surface area contributed by atoms with Gasteiger partial charge in [0.1, 0.15) is 0 Å². The van der Waals surface area contributed by atoms with Gasteiger partial charge in [-0.25, -0.2) is 0 Å². The van der Waals surface area contributed by atoms with E-state index >= 15 is 0 Å². The molecule has 2 heteroatoms. The molecular weight excluding hydrogens is 202 g/mol. The molecule has 0 bridgehead atoms. The highest BCUT2D eigenvalue weighted by atomic mass is 32.1. The minimum atomic E-state index is 0.967. The fraction of sp³-hybridized carbons (Fsp3) is 0.692. The maximum Gasteiger partial charge on any atom is 0.00870 e. The van der Waals surface area contributed by atoms with Crippen molar-refractivity contribution in [2.24, 2.45) is 5.92 Å². The molecule has 0 aliphatic heterocycles. The zero-order valence-electron chi connectivity index (χ0n) is 9.59. The Morgan fingerprint density at radius 2 is 2.20 bits per heavy atom. The summed E-state index contributed by atoms with van der Waals surface area (Å²) in [6.45, 7) is 4.60. The monoisotopic (exact) mass is 223 g/mol. The van der Waals surface area contributed by atoms with Crippen LogP contribution >= 0.6 is 11.3 Å². The molecule has 0 saturated heterocycles. The quantitative estimate of drug-likeness (QED) is 0.755. The minimum Gasteiger partial charge on any atom is -0.316 e. The highest BCUT2D eigenvalue weighted by Crippen LogP contribution is 2.23. The molecule has 1 aromatic rings. The third-order valence-corrected chi connectivity index (χ3v) is 4.49. The van der Waals surface area contributed by atoms with Crippen LogP contribution in [0.25, 0.3) is 0 Å². The summed E-state index contributed by atoms with van der Waals surface area (Å²) in [5.41, 5.74) is 1.46. The first kappa shape index (κ1) is 11.2. The van der Waals surface area contributed by atoms with Gasteiger partial charge in [0.15, 0.2) is 0 Å². The lowest BCUT2D eigenvalue weighted by Crippen LogP contribution is -2.23. The van der Waals surface area contributed by atoms with Crippen molar-refractivity contribution >= 4 is 11.3 Å². The average molecular weight is 223 g/mol. The third-order valence-electron chi connectivity index (χ3n) is 3.40. The summed E-state index contributed by atoms with van der Waals surface area (Å²) in [6.07, 6.45) is 7.01. The lowest BCUT2D eigenvalue weighted by atomic mass is 10.1. The maximum absolute atomic E-state index is 3.60. The van der Waals surface area contributed by atoms with Crippen molar-refractivity contribution in [2.45, 2.75) is 39.0 Å². The molecular formula is C13H21NS. The van der Waals surface area contributed by atoms with E-state index in [1.165, 1.54) is 44.2 Å². The third kappa shape index (κ3) is 3.32. The van der Waals surface area contributed by atoms with Crippen molar-refractivity contribution in [3.05, 3.63) is 21.9 Å². The van der Waals surface area contributed by atoms with E-state index in [1.807, 2.05) is 11.3 Å². The Balaban J connectivity index is 1.60. The molecule has 0 spiro atoms. The smallest absolute Gasteiger partial charge is 0.00870 e. The first-order chi connectivity index (χ1) is 7.36. The normalized spacial score (nSPS) is 17.4. The number of aryl methyl sites for hydroxylation is 1. The molecule has 1 saturated carbocycles. The van der Waals surface area contributed by atoms with Gasteiger partial charge in [-0.15, -0.1) is 11.3 Å². The summed E-state index contributed by atoms with van der Waals surface area (Å²) in [5, 5.41) is 5.80. The molecule has 1 fully saturated rings. The van der Waals surface area contributed by atoms with Gasteiger partial charge in [-0.05, 0) is 62.2 Å². The van der Waals surface area contributed by atoms with Crippen molar-refractivity contribution in [1.82, 2.24) is 5.32 Å². The van der Waals surface area contributed by atoms with Crippen LogP contribution < -0.4 is 5.32 Å². The van der Waals surface area contributed by atoms with Crippen LogP contribution in [-0.2, 0) is 6.42 Å². The van der Waals surface area contributed by atoms with Crippen molar-refractivity contribution in [1.29, 1.82) is 0 Å². The Morgan fingerprint density at radius 1 is 1.40 bits per heavy atom. The van der Waals surface area contributed by atoms with Gasteiger partial charge in [-0.3, -0.25) is 0 Å². The number of rotatable bonds is 5. The Morgan fingerprint density at radius 3 is 2.87 bits per heavy atom. The van der Waals surface area contributed by atoms with Crippen molar-refractivity contribution in [3.63, 3.8) is 0 Å². The van der Waals surface area contributed by atoms with Crippen molar-refractivity contribution < 1.29 is 0 Å². The van der Waals surface area contributed by atoms with Crippen LogP contribution in [-0.4, -0.2) is 13.1 Å². The Bertz CT molecular complexity index is 286. The van der Waals surface area contributed by atoms with E-state index in [9.17, 15) is 0 Å². The summed E-state index contributed by atoms with van der Waals surface area (Å²) in [6, 6.07) is 2.22. The zero-order valence-corrected chi connectivity index (χ0v) is 10.4. The fourth-order valence-corrected chi connectivity index (χ4v) is 3.29. The molecule has 0 aromatic carbocycles. The van der Waals surface area contributed by atoms with Crippen LogP contribution in [0.15, 0.2) is 11.4 Å². The number of hydrogen-bond donors (Lipinski definition) is 1. The van der Waals surface area contributed by atoms with Crippen molar-refractivity contribution in [3.8, 4) is 0 Å². The second kappa shape index (κ2) is 5.66. The molecule has 2 rings (SSSR count). The first-order valence-corrected chi connectivity index (χ1v) is 6.98. The van der Waals surface area contributed by atoms with E-state index in [4.69, 9.17) is 0 Å². The molecule has 84 valence electrons. The summed E-state index contributed by atoms with van der Waals surface area (Å²) in [4.78, 5) is 1.55. The predicted molar refractivity (Wildman–Crippen MR) is 67.6 cm³/mol. The highest BCUT2D eigenvalue weighted by Gasteiger charge is 2.13. The standard InChI is InChI=1S/C13H21NS/c1-11-7-9-15-13(11)6-8-14-10-12-4-2-3-5-12/h7,9,12,14H,2-6,8,10H2,1H3. The number of thiophene rings is 1. The van der Waals surface area contributed by atoms with E-state index in [2.05, 4.69) is 23.7 Å². The van der Waals surface area contributed by atoms with E-state index < -0.39 is 0 Å². The lowest BCUT2D eigenvalue weighted by molar-refractivity contribution is 0.492. The molecule has 15 heavy (non-hydrogen) atoms. The predicted octanol–water partition coefficient (Wildman–Crippen LogP) is 3.38. The zero-order chi connectivity index (χ0) is 10.5. The topological polar surface area (TPSA) is 12.0 Å². The van der Waals surface area contributed by atoms with Gasteiger partial charge >= 0.3 is 0 Å². The van der Waals surface area contributed by atoms with Crippen LogP contribution in [0.4, 0.5) is 0 Å². The number of nitrogens with one attached hydrogen (secondary N) is 1. The maximum atomic E-state index is 3.60. The number of hydrogen-bond acceptors (Lipinski definition) is 2. The molecule has 1 aliphatic rings. The Labute approximate surface area is 96.9 Å². The SMILES string of the molecule is Cc1ccsc1CCNCC1CCCC1. The van der Waals surface area contributed by atoms with Crippen LogP contribution in [0.5, 0.6) is 0 Å². The molecule has 1 aromatic heterocycles. The van der Waals surface area contributed by atoms with E-state index in [-0.39, 0.29) is 0 Å². The van der Waals surface area contributed by atoms with Crippen molar-refractivity contribution in [2.75, 3.05) is 13.1 Å². The van der Waals surface area contributed by atoms with Gasteiger partial charge in [0, 0.05) is 4.88 Å². The van der Waals surface area contributed by atoms with E-state index in [1.54, 1.807) is 4.88 Å². The average Bonchev–Trinajstić information content (AvgIpc) is 2.85. The summed E-state index contributed by atoms with van der Waals surface area (Å²) < 4.78 is 0. The van der Waals surface area contributed by atoms with Crippen LogP contribution in [0.3, 0.4) is 0 Å². The van der Waals surface area contributed by atoms with Gasteiger partial charge < -0.3 is 5.32 Å². The summed E-state index contributed by atoms with van der Waals surface area (Å²) in [7, 11) is 0. The van der Waals surface area contributed by atoms with Crippen LogP contribution in [0, 0.1) is 12.8 Å². The minimum absolute atomic E-state index is 0.967. The van der Waals surface area contributed by atoms with Gasteiger partial charge in [-0.2, -0.15) is 0 Å². The van der Waals surface area contributed by atoms with Gasteiger partial charge in [0.05, 0.1) is 0 Å². The summed E-state index contributed by atoms with van der Waals surface area (Å²) >= 11 is 1.89. The van der Waals surface area contributed by atoms with Gasteiger partial charge in [-0.1, -0.05) is 12.8 Å². The van der Waals surface area contributed by atoms with Gasteiger partial charge in [0.2, 0.25) is 0 Å². The highest BCUT2D eigenvalue weighted by molar-refractivity contribution is 7.10. The molecule has 0 radical (unpaired) electrons. The molecule has 0 atom stereocenters. The first-order valence-electron chi connectivity index (χ1n) is 6.10.